The molecule has 0 heterocycles. The number of unbranched alkanes of at least 4 members (excludes halogenated alkanes) is 3. The van der Waals surface area contributed by atoms with Gasteiger partial charge in [-0.3, -0.25) is 0 Å². The Bertz CT molecular complexity index is 827. The minimum Gasteiger partial charge on any atom is -0.206 e. The number of fused-ring (bicyclic) bond motifs is 1. The molecular formula is C28H37F5. The van der Waals surface area contributed by atoms with E-state index >= 15 is 0 Å². The standard InChI is InChI=1S/C28H37F5/c1-2-3-4-5-6-19-7-9-20(10-8-19)21-11-13-22(14-12-21)24-17-23-15-16-27(30,31)28(32,33)26(23)25(29)18-24/h15-22H,2-14H2,1H3. The Balaban J connectivity index is 1.32. The van der Waals surface area contributed by atoms with Crippen LogP contribution in [0.4, 0.5) is 22.0 Å². The van der Waals surface area contributed by atoms with E-state index in [4.69, 9.17) is 0 Å². The van der Waals surface area contributed by atoms with E-state index in [0.29, 0.717) is 11.5 Å². The summed E-state index contributed by atoms with van der Waals surface area (Å²) in [7, 11) is 0. The van der Waals surface area contributed by atoms with Crippen molar-refractivity contribution in [2.24, 2.45) is 17.8 Å². The van der Waals surface area contributed by atoms with Crippen LogP contribution in [0.2, 0.25) is 0 Å². The number of alkyl halides is 4. The molecule has 1 aromatic rings. The Hall–Kier alpha value is -1.39. The van der Waals surface area contributed by atoms with Gasteiger partial charge < -0.3 is 0 Å². The van der Waals surface area contributed by atoms with Crippen molar-refractivity contribution in [1.29, 1.82) is 0 Å². The van der Waals surface area contributed by atoms with Crippen LogP contribution in [0.15, 0.2) is 18.2 Å². The first kappa shape index (κ1) is 24.7. The molecule has 0 nitrogen and oxygen atoms in total. The number of allylic oxidation sites excluding steroid dienone is 1. The van der Waals surface area contributed by atoms with Crippen molar-refractivity contribution >= 4 is 6.08 Å². The highest BCUT2D eigenvalue weighted by atomic mass is 19.3. The second kappa shape index (κ2) is 10.1. The summed E-state index contributed by atoms with van der Waals surface area (Å²) < 4.78 is 70.2. The number of hydrogen-bond donors (Lipinski definition) is 0. The summed E-state index contributed by atoms with van der Waals surface area (Å²) >= 11 is 0. The third-order valence-corrected chi connectivity index (χ3v) is 8.62. The Kier molecular flexibility index (Phi) is 7.55. The minimum atomic E-state index is -4.52. The lowest BCUT2D eigenvalue weighted by Crippen LogP contribution is -2.39. The second-order valence-electron chi connectivity index (χ2n) is 10.7. The summed E-state index contributed by atoms with van der Waals surface area (Å²) in [5.74, 6) is -7.61. The summed E-state index contributed by atoms with van der Waals surface area (Å²) in [6, 6.07) is 2.59. The number of rotatable bonds is 7. The lowest BCUT2D eigenvalue weighted by molar-refractivity contribution is -0.189. The van der Waals surface area contributed by atoms with Crippen molar-refractivity contribution in [1.82, 2.24) is 0 Å². The van der Waals surface area contributed by atoms with Crippen LogP contribution in [0.3, 0.4) is 0 Å². The largest absolute Gasteiger partial charge is 0.342 e. The Morgan fingerprint density at radius 2 is 1.45 bits per heavy atom. The molecule has 0 atom stereocenters. The van der Waals surface area contributed by atoms with Gasteiger partial charge in [-0.2, -0.15) is 17.6 Å². The highest BCUT2D eigenvalue weighted by molar-refractivity contribution is 5.62. The molecule has 184 valence electrons. The van der Waals surface area contributed by atoms with Gasteiger partial charge in [-0.05, 0) is 85.5 Å². The van der Waals surface area contributed by atoms with Crippen LogP contribution in [0, 0.1) is 23.6 Å². The maximum absolute atomic E-state index is 14.6. The smallest absolute Gasteiger partial charge is 0.206 e. The van der Waals surface area contributed by atoms with Crippen LogP contribution >= 0.6 is 0 Å². The first-order valence-electron chi connectivity index (χ1n) is 13.0. The average molecular weight is 469 g/mol. The van der Waals surface area contributed by atoms with Gasteiger partial charge in [-0.1, -0.05) is 64.0 Å². The SMILES string of the molecule is CCCCCCC1CCC(C2CCC(c3cc(F)c4c(c3)C=CC(F)(F)C4(F)F)CC2)CC1. The summed E-state index contributed by atoms with van der Waals surface area (Å²) in [6.07, 6.45) is 17.2. The normalized spacial score (nSPS) is 30.7. The van der Waals surface area contributed by atoms with Crippen LogP contribution in [-0.2, 0) is 5.92 Å². The van der Waals surface area contributed by atoms with Gasteiger partial charge in [-0.15, -0.1) is 0 Å². The van der Waals surface area contributed by atoms with Crippen LogP contribution in [0.1, 0.15) is 113 Å². The summed E-state index contributed by atoms with van der Waals surface area (Å²) in [4.78, 5) is 0. The fraction of sp³-hybridized carbons (Fsp3) is 0.714. The number of hydrogen-bond acceptors (Lipinski definition) is 0. The molecule has 0 bridgehead atoms. The predicted molar refractivity (Wildman–Crippen MR) is 123 cm³/mol. The number of halogens is 5. The van der Waals surface area contributed by atoms with Gasteiger partial charge in [0, 0.05) is 0 Å². The van der Waals surface area contributed by atoms with Crippen molar-refractivity contribution in [2.45, 2.75) is 108 Å². The quantitative estimate of drug-likeness (QED) is 0.276. The van der Waals surface area contributed by atoms with E-state index in [0.717, 1.165) is 49.7 Å². The maximum Gasteiger partial charge on any atom is 0.342 e. The zero-order valence-corrected chi connectivity index (χ0v) is 19.7. The van der Waals surface area contributed by atoms with Crippen LogP contribution < -0.4 is 0 Å². The van der Waals surface area contributed by atoms with E-state index < -0.39 is 23.2 Å². The molecule has 33 heavy (non-hydrogen) atoms. The highest BCUT2D eigenvalue weighted by Gasteiger charge is 2.59. The molecule has 0 spiro atoms. The highest BCUT2D eigenvalue weighted by Crippen LogP contribution is 2.51. The first-order chi connectivity index (χ1) is 15.7. The molecule has 5 heteroatoms. The zero-order valence-electron chi connectivity index (χ0n) is 19.7. The van der Waals surface area contributed by atoms with Gasteiger partial charge in [0.2, 0.25) is 0 Å². The van der Waals surface area contributed by atoms with Crippen LogP contribution in [0.25, 0.3) is 6.08 Å². The van der Waals surface area contributed by atoms with Crippen molar-refractivity contribution in [3.05, 3.63) is 40.7 Å². The molecule has 0 radical (unpaired) electrons. The second-order valence-corrected chi connectivity index (χ2v) is 10.7. The molecular weight excluding hydrogens is 431 g/mol. The zero-order chi connectivity index (χ0) is 23.6. The fourth-order valence-corrected chi connectivity index (χ4v) is 6.55. The lowest BCUT2D eigenvalue weighted by Gasteiger charge is -2.38. The third kappa shape index (κ3) is 5.17. The Labute approximate surface area is 195 Å². The van der Waals surface area contributed by atoms with Crippen molar-refractivity contribution in [3.63, 3.8) is 0 Å². The molecule has 3 aliphatic rings. The van der Waals surface area contributed by atoms with Gasteiger partial charge in [0.1, 0.15) is 5.82 Å². The first-order valence-corrected chi connectivity index (χ1v) is 13.0. The third-order valence-electron chi connectivity index (χ3n) is 8.62. The predicted octanol–water partition coefficient (Wildman–Crippen LogP) is 9.63. The van der Waals surface area contributed by atoms with E-state index in [9.17, 15) is 22.0 Å². The van der Waals surface area contributed by atoms with E-state index in [2.05, 4.69) is 6.92 Å². The molecule has 1 aromatic carbocycles. The maximum atomic E-state index is 14.6. The molecule has 0 amide bonds. The van der Waals surface area contributed by atoms with Crippen LogP contribution in [-0.4, -0.2) is 5.92 Å². The number of benzene rings is 1. The molecule has 0 N–H and O–H groups in total. The summed E-state index contributed by atoms with van der Waals surface area (Å²) in [5, 5.41) is 0. The van der Waals surface area contributed by atoms with Gasteiger partial charge in [-0.25, -0.2) is 4.39 Å². The van der Waals surface area contributed by atoms with Crippen molar-refractivity contribution in [2.75, 3.05) is 0 Å². The van der Waals surface area contributed by atoms with E-state index in [1.807, 2.05) is 0 Å². The molecule has 3 aliphatic carbocycles. The fourth-order valence-electron chi connectivity index (χ4n) is 6.55. The summed E-state index contributed by atoms with van der Waals surface area (Å²) in [6.45, 7) is 2.25. The van der Waals surface area contributed by atoms with Gasteiger partial charge in [0.25, 0.3) is 0 Å². The minimum absolute atomic E-state index is 0.111. The monoisotopic (exact) mass is 468 g/mol. The van der Waals surface area contributed by atoms with Crippen LogP contribution in [0.5, 0.6) is 0 Å². The molecule has 2 saturated carbocycles. The van der Waals surface area contributed by atoms with Crippen molar-refractivity contribution < 1.29 is 22.0 Å². The molecule has 0 unspecified atom stereocenters. The average Bonchev–Trinajstić information content (AvgIpc) is 2.80. The Morgan fingerprint density at radius 1 is 0.818 bits per heavy atom. The molecule has 4 rings (SSSR count). The molecule has 2 fully saturated rings. The summed E-state index contributed by atoms with van der Waals surface area (Å²) in [5.41, 5.74) is -0.606. The van der Waals surface area contributed by atoms with E-state index in [-0.39, 0.29) is 17.6 Å². The van der Waals surface area contributed by atoms with E-state index in [1.165, 1.54) is 63.9 Å². The molecule has 0 aromatic heterocycles. The topological polar surface area (TPSA) is 0 Å². The van der Waals surface area contributed by atoms with Gasteiger partial charge >= 0.3 is 11.8 Å². The molecule has 0 aliphatic heterocycles. The van der Waals surface area contributed by atoms with E-state index in [1.54, 1.807) is 0 Å². The van der Waals surface area contributed by atoms with Gasteiger partial charge in [0.15, 0.2) is 0 Å². The lowest BCUT2D eigenvalue weighted by atomic mass is 9.67. The molecule has 0 saturated heterocycles. The van der Waals surface area contributed by atoms with Gasteiger partial charge in [0.05, 0.1) is 5.56 Å². The van der Waals surface area contributed by atoms with Crippen molar-refractivity contribution in [3.8, 4) is 0 Å². The Morgan fingerprint density at radius 3 is 2.09 bits per heavy atom.